The lowest BCUT2D eigenvalue weighted by atomic mass is 10.2. The second kappa shape index (κ2) is 7.62. The van der Waals surface area contributed by atoms with Gasteiger partial charge in [-0.15, -0.1) is 16.9 Å². The molecule has 7 nitrogen and oxygen atoms in total. The van der Waals surface area contributed by atoms with Crippen LogP contribution in [0.4, 0.5) is 22.4 Å². The largest absolute Gasteiger partial charge is 0.513 e. The first-order chi connectivity index (χ1) is 12.4. The predicted molar refractivity (Wildman–Crippen MR) is 88.3 cm³/mol. The summed E-state index contributed by atoms with van der Waals surface area (Å²) in [7, 11) is 0. The van der Waals surface area contributed by atoms with Crippen molar-refractivity contribution in [3.05, 3.63) is 34.0 Å². The van der Waals surface area contributed by atoms with Crippen LogP contribution < -0.4 is 10.4 Å². The third-order valence-electron chi connectivity index (χ3n) is 3.34. The van der Waals surface area contributed by atoms with Crippen LogP contribution in [0.2, 0.25) is 0 Å². The van der Waals surface area contributed by atoms with E-state index in [9.17, 15) is 27.2 Å². The topological polar surface area (TPSA) is 86.3 Å². The molecular weight excluding hydrogens is 394 g/mol. The normalized spacial score (nSPS) is 11.9. The molecule has 0 aliphatic rings. The number of carboxylic acid groups (broad SMARTS) is 1. The molecule has 0 fully saturated rings. The van der Waals surface area contributed by atoms with Gasteiger partial charge >= 0.3 is 24.0 Å². The minimum Gasteiger partial charge on any atom is -0.449 e. The van der Waals surface area contributed by atoms with Crippen molar-refractivity contribution in [2.24, 2.45) is 0 Å². The monoisotopic (exact) mass is 409 g/mol. The van der Waals surface area contributed by atoms with E-state index in [1.165, 1.54) is 6.92 Å². The SMILES string of the molecule is Cc1cc(F)c(-n2nc(OC(=O)O)n(C(C)C)c2=O)cc1SCC(F)(F)F. The van der Waals surface area contributed by atoms with Crippen LogP contribution in [-0.4, -0.2) is 37.5 Å². The maximum absolute atomic E-state index is 14.4. The number of hydrogen-bond donors (Lipinski definition) is 1. The Kier molecular flexibility index (Phi) is 5.88. The molecule has 1 N–H and O–H groups in total. The smallest absolute Gasteiger partial charge is 0.449 e. The molecule has 1 aromatic carbocycles. The van der Waals surface area contributed by atoms with Crippen molar-refractivity contribution >= 4 is 17.9 Å². The number of halogens is 4. The number of hydrogen-bond acceptors (Lipinski definition) is 5. The van der Waals surface area contributed by atoms with E-state index in [2.05, 4.69) is 9.84 Å². The van der Waals surface area contributed by atoms with Crippen LogP contribution in [0.15, 0.2) is 21.8 Å². The Bertz CT molecular complexity index is 921. The molecule has 0 aliphatic heterocycles. The summed E-state index contributed by atoms with van der Waals surface area (Å²) >= 11 is 0.438. The number of benzene rings is 1. The number of rotatable bonds is 5. The third-order valence-corrected chi connectivity index (χ3v) is 4.56. The number of ether oxygens (including phenoxy) is 1. The van der Waals surface area contributed by atoms with Gasteiger partial charge in [0.25, 0.3) is 0 Å². The van der Waals surface area contributed by atoms with Crippen LogP contribution in [0.3, 0.4) is 0 Å². The fourth-order valence-corrected chi connectivity index (χ4v) is 3.03. The number of alkyl halides is 3. The lowest BCUT2D eigenvalue weighted by Crippen LogP contribution is -2.26. The van der Waals surface area contributed by atoms with E-state index in [0.29, 0.717) is 16.4 Å². The summed E-state index contributed by atoms with van der Waals surface area (Å²) < 4.78 is 57.7. The van der Waals surface area contributed by atoms with Crippen molar-refractivity contribution < 1.29 is 32.2 Å². The van der Waals surface area contributed by atoms with Gasteiger partial charge in [0.15, 0.2) is 0 Å². The first-order valence-corrected chi connectivity index (χ1v) is 8.51. The molecule has 0 atom stereocenters. The van der Waals surface area contributed by atoms with Gasteiger partial charge in [-0.25, -0.2) is 18.5 Å². The van der Waals surface area contributed by atoms with E-state index < -0.39 is 47.3 Å². The van der Waals surface area contributed by atoms with Crippen LogP contribution in [0.5, 0.6) is 6.01 Å². The average Bonchev–Trinajstić information content (AvgIpc) is 2.81. The number of aryl methyl sites for hydroxylation is 1. The summed E-state index contributed by atoms with van der Waals surface area (Å²) in [6, 6.07) is 0.900. The van der Waals surface area contributed by atoms with Crippen LogP contribution in [0.1, 0.15) is 25.5 Å². The van der Waals surface area contributed by atoms with Gasteiger partial charge in [0, 0.05) is 10.9 Å². The first kappa shape index (κ1) is 20.8. The number of thioether (sulfide) groups is 1. The molecule has 2 rings (SSSR count). The van der Waals surface area contributed by atoms with E-state index in [-0.39, 0.29) is 10.5 Å². The van der Waals surface area contributed by atoms with Crippen LogP contribution in [-0.2, 0) is 0 Å². The molecule has 1 heterocycles. The molecule has 0 bridgehead atoms. The molecule has 2 aromatic rings. The minimum atomic E-state index is -4.43. The van der Waals surface area contributed by atoms with Crippen molar-refractivity contribution in [2.75, 3.05) is 5.75 Å². The summed E-state index contributed by atoms with van der Waals surface area (Å²) in [5, 5.41) is 12.4. The molecule has 0 amide bonds. The van der Waals surface area contributed by atoms with Crippen molar-refractivity contribution in [3.8, 4) is 11.7 Å². The fourth-order valence-electron chi connectivity index (χ4n) is 2.23. The molecule has 0 spiro atoms. The lowest BCUT2D eigenvalue weighted by molar-refractivity contribution is -0.105. The zero-order valence-electron chi connectivity index (χ0n) is 14.4. The molecule has 0 saturated carbocycles. The highest BCUT2D eigenvalue weighted by Gasteiger charge is 2.28. The molecule has 0 saturated heterocycles. The Hall–Kier alpha value is -2.50. The maximum atomic E-state index is 14.4. The standard InChI is InChI=1S/C15H15F4N3O4S/c1-7(2)21-12(26-14(24)25)20-22(13(21)23)10-5-11(8(3)4-9(10)16)27-6-15(17,18)19/h4-5,7H,6H2,1-3H3,(H,24,25). The first-order valence-electron chi connectivity index (χ1n) is 7.53. The van der Waals surface area contributed by atoms with Crippen LogP contribution in [0, 0.1) is 12.7 Å². The van der Waals surface area contributed by atoms with E-state index in [1.807, 2.05) is 0 Å². The zero-order valence-corrected chi connectivity index (χ0v) is 15.2. The second-order valence-corrected chi connectivity index (χ2v) is 6.80. The molecule has 1 aromatic heterocycles. The number of aromatic nitrogens is 3. The molecule has 27 heavy (non-hydrogen) atoms. The molecule has 148 valence electrons. The third kappa shape index (κ3) is 4.81. The van der Waals surface area contributed by atoms with Gasteiger partial charge in [0.2, 0.25) is 0 Å². The van der Waals surface area contributed by atoms with E-state index >= 15 is 0 Å². The van der Waals surface area contributed by atoms with Crippen LogP contribution >= 0.6 is 11.8 Å². The van der Waals surface area contributed by atoms with Gasteiger partial charge in [-0.05, 0) is 38.5 Å². The summed E-state index contributed by atoms with van der Waals surface area (Å²) in [5.74, 6) is -2.09. The maximum Gasteiger partial charge on any atom is 0.513 e. The highest BCUT2D eigenvalue weighted by atomic mass is 32.2. The summed E-state index contributed by atoms with van der Waals surface area (Å²) in [6.45, 7) is 4.54. The van der Waals surface area contributed by atoms with Crippen molar-refractivity contribution in [1.82, 2.24) is 14.3 Å². The Balaban J connectivity index is 2.57. The van der Waals surface area contributed by atoms with Crippen LogP contribution in [0.25, 0.3) is 5.69 Å². The molecule has 12 heteroatoms. The minimum absolute atomic E-state index is 0.107. The van der Waals surface area contributed by atoms with Gasteiger partial charge in [-0.3, -0.25) is 0 Å². The Morgan fingerprint density at radius 2 is 2.00 bits per heavy atom. The lowest BCUT2D eigenvalue weighted by Gasteiger charge is -2.11. The summed E-state index contributed by atoms with van der Waals surface area (Å²) in [6.07, 6.45) is -6.15. The van der Waals surface area contributed by atoms with Gasteiger partial charge in [0.1, 0.15) is 11.5 Å². The van der Waals surface area contributed by atoms with Gasteiger partial charge in [-0.2, -0.15) is 17.9 Å². The van der Waals surface area contributed by atoms with Crippen molar-refractivity contribution in [1.29, 1.82) is 0 Å². The molecular formula is C15H15F4N3O4S. The second-order valence-electron chi connectivity index (χ2n) is 5.78. The Labute approximate surface area is 154 Å². The van der Waals surface area contributed by atoms with E-state index in [0.717, 1.165) is 16.7 Å². The van der Waals surface area contributed by atoms with Gasteiger partial charge < -0.3 is 9.84 Å². The number of carbonyl (C=O) groups is 1. The van der Waals surface area contributed by atoms with E-state index in [1.54, 1.807) is 13.8 Å². The number of nitrogens with zero attached hydrogens (tertiary/aromatic N) is 3. The average molecular weight is 409 g/mol. The van der Waals surface area contributed by atoms with Gasteiger partial charge in [-0.1, -0.05) is 0 Å². The van der Waals surface area contributed by atoms with Crippen molar-refractivity contribution in [3.63, 3.8) is 0 Å². The highest BCUT2D eigenvalue weighted by Crippen LogP contribution is 2.31. The van der Waals surface area contributed by atoms with Crippen molar-refractivity contribution in [2.45, 2.75) is 37.9 Å². The molecule has 0 unspecified atom stereocenters. The molecule has 0 aliphatic carbocycles. The van der Waals surface area contributed by atoms with Gasteiger partial charge in [0.05, 0.1) is 5.75 Å². The summed E-state index contributed by atoms with van der Waals surface area (Å²) in [5.41, 5.74) is -1.05. The zero-order chi connectivity index (χ0) is 20.5. The quantitative estimate of drug-likeness (QED) is 0.460. The Morgan fingerprint density at radius 1 is 1.37 bits per heavy atom. The highest BCUT2D eigenvalue weighted by molar-refractivity contribution is 7.99. The summed E-state index contributed by atoms with van der Waals surface area (Å²) in [4.78, 5) is 23.4. The fraction of sp³-hybridized carbons (Fsp3) is 0.400. The molecule has 0 radical (unpaired) electrons. The van der Waals surface area contributed by atoms with E-state index in [4.69, 9.17) is 5.11 Å². The predicted octanol–water partition coefficient (Wildman–Crippen LogP) is 3.77. The Morgan fingerprint density at radius 3 is 2.52 bits per heavy atom.